The van der Waals surface area contributed by atoms with E-state index in [1.165, 1.54) is 6.07 Å². The van der Waals surface area contributed by atoms with E-state index in [9.17, 15) is 17.6 Å². The minimum atomic E-state index is -4.68. The standard InChI is InChI=1S/C14H10BrF4N/c15-10-2-4-11(5-3-10)20-8-9-1-6-13(16)12(7-9)14(17,18)19/h1-7,20H,8H2. The Morgan fingerprint density at radius 2 is 1.65 bits per heavy atom. The first-order valence-corrected chi connectivity index (χ1v) is 6.50. The summed E-state index contributed by atoms with van der Waals surface area (Å²) in [4.78, 5) is 0. The lowest BCUT2D eigenvalue weighted by atomic mass is 10.1. The summed E-state index contributed by atoms with van der Waals surface area (Å²) in [5, 5.41) is 2.98. The van der Waals surface area contributed by atoms with Crippen molar-refractivity contribution in [2.75, 3.05) is 5.32 Å². The van der Waals surface area contributed by atoms with Crippen LogP contribution < -0.4 is 5.32 Å². The smallest absolute Gasteiger partial charge is 0.381 e. The molecule has 20 heavy (non-hydrogen) atoms. The number of hydrogen-bond donors (Lipinski definition) is 1. The number of rotatable bonds is 3. The number of anilines is 1. The molecular formula is C14H10BrF4N. The predicted octanol–water partition coefficient (Wildman–Crippen LogP) is 5.22. The first kappa shape index (κ1) is 14.8. The molecule has 2 aromatic rings. The van der Waals surface area contributed by atoms with Crippen LogP contribution in [-0.4, -0.2) is 0 Å². The molecule has 2 aromatic carbocycles. The lowest BCUT2D eigenvalue weighted by Gasteiger charge is -2.11. The molecule has 0 aliphatic carbocycles. The Hall–Kier alpha value is -1.56. The molecule has 1 nitrogen and oxygen atoms in total. The largest absolute Gasteiger partial charge is 0.419 e. The highest BCUT2D eigenvalue weighted by molar-refractivity contribution is 9.10. The van der Waals surface area contributed by atoms with Crippen LogP contribution in [0.3, 0.4) is 0 Å². The molecule has 0 aromatic heterocycles. The van der Waals surface area contributed by atoms with Crippen molar-refractivity contribution >= 4 is 21.6 Å². The van der Waals surface area contributed by atoms with E-state index in [-0.39, 0.29) is 6.54 Å². The molecule has 0 saturated carbocycles. The van der Waals surface area contributed by atoms with Crippen molar-refractivity contribution in [2.45, 2.75) is 12.7 Å². The summed E-state index contributed by atoms with van der Waals surface area (Å²) in [6.07, 6.45) is -4.68. The van der Waals surface area contributed by atoms with E-state index in [4.69, 9.17) is 0 Å². The highest BCUT2D eigenvalue weighted by Gasteiger charge is 2.34. The summed E-state index contributed by atoms with van der Waals surface area (Å²) in [7, 11) is 0. The third-order valence-electron chi connectivity index (χ3n) is 2.68. The maximum absolute atomic E-state index is 13.1. The quantitative estimate of drug-likeness (QED) is 0.750. The van der Waals surface area contributed by atoms with Crippen LogP contribution in [0.2, 0.25) is 0 Å². The van der Waals surface area contributed by atoms with Crippen LogP contribution in [0.1, 0.15) is 11.1 Å². The molecule has 0 saturated heterocycles. The normalized spacial score (nSPS) is 11.4. The van der Waals surface area contributed by atoms with E-state index < -0.39 is 17.6 Å². The second-order valence-electron chi connectivity index (χ2n) is 4.17. The number of hydrogen-bond acceptors (Lipinski definition) is 1. The average molecular weight is 348 g/mol. The van der Waals surface area contributed by atoms with Crippen LogP contribution in [0.4, 0.5) is 23.2 Å². The van der Waals surface area contributed by atoms with Gasteiger partial charge in [0.1, 0.15) is 5.82 Å². The molecule has 0 unspecified atom stereocenters. The van der Waals surface area contributed by atoms with Crippen LogP contribution in [0.25, 0.3) is 0 Å². The highest BCUT2D eigenvalue weighted by atomic mass is 79.9. The fourth-order valence-electron chi connectivity index (χ4n) is 1.67. The third-order valence-corrected chi connectivity index (χ3v) is 3.21. The van der Waals surface area contributed by atoms with E-state index in [0.717, 1.165) is 22.3 Å². The van der Waals surface area contributed by atoms with Gasteiger partial charge >= 0.3 is 6.18 Å². The van der Waals surface area contributed by atoms with Gasteiger partial charge in [0.05, 0.1) is 5.56 Å². The molecule has 0 amide bonds. The van der Waals surface area contributed by atoms with E-state index in [1.807, 2.05) is 12.1 Å². The van der Waals surface area contributed by atoms with Crippen LogP contribution in [0.5, 0.6) is 0 Å². The molecule has 106 valence electrons. The average Bonchev–Trinajstić information content (AvgIpc) is 2.38. The lowest BCUT2D eigenvalue weighted by molar-refractivity contribution is -0.140. The number of benzene rings is 2. The van der Waals surface area contributed by atoms with Crippen molar-refractivity contribution in [1.82, 2.24) is 0 Å². The van der Waals surface area contributed by atoms with Gasteiger partial charge in [0.2, 0.25) is 0 Å². The SMILES string of the molecule is Fc1ccc(CNc2ccc(Br)cc2)cc1C(F)(F)F. The van der Waals surface area contributed by atoms with Gasteiger partial charge in [0, 0.05) is 16.7 Å². The number of alkyl halides is 3. The fourth-order valence-corrected chi connectivity index (χ4v) is 1.94. The molecule has 0 bridgehead atoms. The van der Waals surface area contributed by atoms with Gasteiger partial charge < -0.3 is 5.32 Å². The maximum atomic E-state index is 13.1. The van der Waals surface area contributed by atoms with Gasteiger partial charge in [-0.25, -0.2) is 4.39 Å². The van der Waals surface area contributed by atoms with Gasteiger partial charge in [-0.3, -0.25) is 0 Å². The molecule has 0 aliphatic heterocycles. The zero-order valence-corrected chi connectivity index (χ0v) is 11.7. The van der Waals surface area contributed by atoms with Crippen molar-refractivity contribution < 1.29 is 17.6 Å². The molecule has 0 fully saturated rings. The molecule has 0 atom stereocenters. The zero-order valence-electron chi connectivity index (χ0n) is 10.1. The predicted molar refractivity (Wildman–Crippen MR) is 72.9 cm³/mol. The Morgan fingerprint density at radius 3 is 2.25 bits per heavy atom. The third kappa shape index (κ3) is 3.72. The van der Waals surface area contributed by atoms with Gasteiger partial charge in [-0.1, -0.05) is 22.0 Å². The second kappa shape index (κ2) is 5.83. The Morgan fingerprint density at radius 1 is 1.00 bits per heavy atom. The van der Waals surface area contributed by atoms with E-state index in [0.29, 0.717) is 5.56 Å². The van der Waals surface area contributed by atoms with Gasteiger partial charge in [-0.15, -0.1) is 0 Å². The summed E-state index contributed by atoms with van der Waals surface area (Å²) in [5.41, 5.74) is -0.111. The van der Waals surface area contributed by atoms with Crippen LogP contribution in [0.15, 0.2) is 46.9 Å². The Balaban J connectivity index is 2.12. The molecule has 2 rings (SSSR count). The zero-order chi connectivity index (χ0) is 14.8. The summed E-state index contributed by atoms with van der Waals surface area (Å²) >= 11 is 3.29. The van der Waals surface area contributed by atoms with Crippen LogP contribution in [-0.2, 0) is 12.7 Å². The summed E-state index contributed by atoms with van der Waals surface area (Å²) in [5.74, 6) is -1.26. The van der Waals surface area contributed by atoms with Crippen molar-refractivity contribution in [2.24, 2.45) is 0 Å². The molecule has 6 heteroatoms. The van der Waals surface area contributed by atoms with Crippen LogP contribution >= 0.6 is 15.9 Å². The van der Waals surface area contributed by atoms with Crippen molar-refractivity contribution in [3.05, 3.63) is 63.9 Å². The number of nitrogens with one attached hydrogen (secondary N) is 1. The highest BCUT2D eigenvalue weighted by Crippen LogP contribution is 2.32. The number of halogens is 5. The van der Waals surface area contributed by atoms with Gasteiger partial charge in [0.15, 0.2) is 0 Å². The molecule has 1 N–H and O–H groups in total. The molecule has 0 radical (unpaired) electrons. The molecule has 0 heterocycles. The molecular weight excluding hydrogens is 338 g/mol. The topological polar surface area (TPSA) is 12.0 Å². The maximum Gasteiger partial charge on any atom is 0.419 e. The first-order valence-electron chi connectivity index (χ1n) is 5.71. The van der Waals surface area contributed by atoms with Crippen LogP contribution in [0, 0.1) is 5.82 Å². The second-order valence-corrected chi connectivity index (χ2v) is 5.09. The molecule has 0 spiro atoms. The Kier molecular flexibility index (Phi) is 4.32. The fraction of sp³-hybridized carbons (Fsp3) is 0.143. The van der Waals surface area contributed by atoms with E-state index >= 15 is 0 Å². The minimum Gasteiger partial charge on any atom is -0.381 e. The van der Waals surface area contributed by atoms with Crippen molar-refractivity contribution in [3.63, 3.8) is 0 Å². The lowest BCUT2D eigenvalue weighted by Crippen LogP contribution is -2.10. The van der Waals surface area contributed by atoms with Crippen molar-refractivity contribution in [3.8, 4) is 0 Å². The van der Waals surface area contributed by atoms with E-state index in [1.54, 1.807) is 12.1 Å². The molecule has 0 aliphatic rings. The Labute approximate surface area is 121 Å². The summed E-state index contributed by atoms with van der Waals surface area (Å²) < 4.78 is 51.7. The Bertz CT molecular complexity index is 593. The monoisotopic (exact) mass is 347 g/mol. The van der Waals surface area contributed by atoms with Gasteiger partial charge in [-0.2, -0.15) is 13.2 Å². The van der Waals surface area contributed by atoms with Gasteiger partial charge in [0.25, 0.3) is 0 Å². The van der Waals surface area contributed by atoms with E-state index in [2.05, 4.69) is 21.2 Å². The van der Waals surface area contributed by atoms with Gasteiger partial charge in [-0.05, 0) is 42.0 Å². The summed E-state index contributed by atoms with van der Waals surface area (Å²) in [6.45, 7) is 0.186. The van der Waals surface area contributed by atoms with Crippen molar-refractivity contribution in [1.29, 1.82) is 0 Å². The summed E-state index contributed by atoms with van der Waals surface area (Å²) in [6, 6.07) is 10.2. The first-order chi connectivity index (χ1) is 9.36. The minimum absolute atomic E-state index is 0.186.